The molecular formula is C12H18N4OS. The lowest BCUT2D eigenvalue weighted by atomic mass is 10.1. The number of nitrogens with one attached hydrogen (secondary N) is 1. The quantitative estimate of drug-likeness (QED) is 0.849. The number of fused-ring (bicyclic) bond motifs is 1. The fourth-order valence-corrected chi connectivity index (χ4v) is 3.10. The number of aryl methyl sites for hydroxylation is 2. The lowest BCUT2D eigenvalue weighted by Crippen LogP contribution is -2.20. The molecule has 98 valence electrons. The maximum Gasteiger partial charge on any atom is 0.179 e. The van der Waals surface area contributed by atoms with E-state index in [4.69, 9.17) is 17.0 Å². The summed E-state index contributed by atoms with van der Waals surface area (Å²) >= 11 is 5.48. The molecule has 2 aromatic rings. The third-order valence-corrected chi connectivity index (χ3v) is 3.96. The number of H-pyrrole nitrogens is 1. The third kappa shape index (κ3) is 1.71. The molecule has 0 spiro atoms. The Hall–Kier alpha value is -1.14. The fourth-order valence-electron chi connectivity index (χ4n) is 2.77. The van der Waals surface area contributed by atoms with Crippen molar-refractivity contribution < 1.29 is 4.74 Å². The zero-order valence-corrected chi connectivity index (χ0v) is 11.6. The maximum atomic E-state index is 5.48. The van der Waals surface area contributed by atoms with Crippen molar-refractivity contribution in [1.82, 2.24) is 19.3 Å². The van der Waals surface area contributed by atoms with Crippen LogP contribution in [0.4, 0.5) is 0 Å². The van der Waals surface area contributed by atoms with Crippen LogP contribution in [0, 0.1) is 4.77 Å². The molecule has 0 radical (unpaired) electrons. The summed E-state index contributed by atoms with van der Waals surface area (Å²) in [6.07, 6.45) is 2.96. The van der Waals surface area contributed by atoms with Gasteiger partial charge >= 0.3 is 0 Å². The van der Waals surface area contributed by atoms with Crippen LogP contribution in [-0.4, -0.2) is 32.5 Å². The van der Waals surface area contributed by atoms with Gasteiger partial charge in [-0.25, -0.2) is 0 Å². The molecule has 0 aromatic carbocycles. The Morgan fingerprint density at radius 2 is 2.17 bits per heavy atom. The van der Waals surface area contributed by atoms with Crippen LogP contribution in [0.2, 0.25) is 0 Å². The van der Waals surface area contributed by atoms with Gasteiger partial charge in [-0.1, -0.05) is 6.92 Å². The highest BCUT2D eigenvalue weighted by atomic mass is 32.1. The summed E-state index contributed by atoms with van der Waals surface area (Å²) in [5, 5.41) is 4.55. The maximum absolute atomic E-state index is 5.48. The molecule has 3 rings (SSSR count). The molecule has 0 bridgehead atoms. The molecule has 1 saturated heterocycles. The van der Waals surface area contributed by atoms with Crippen molar-refractivity contribution in [2.75, 3.05) is 13.2 Å². The zero-order valence-electron chi connectivity index (χ0n) is 10.8. The van der Waals surface area contributed by atoms with Gasteiger partial charge in [0, 0.05) is 26.3 Å². The molecular weight excluding hydrogens is 248 g/mol. The zero-order chi connectivity index (χ0) is 12.7. The van der Waals surface area contributed by atoms with Crippen LogP contribution in [0.25, 0.3) is 11.2 Å². The Morgan fingerprint density at radius 1 is 1.44 bits per heavy atom. The monoisotopic (exact) mass is 266 g/mol. The first-order valence-corrected chi connectivity index (χ1v) is 6.87. The van der Waals surface area contributed by atoms with E-state index in [1.54, 1.807) is 0 Å². The molecule has 1 aliphatic rings. The third-order valence-electron chi connectivity index (χ3n) is 3.66. The van der Waals surface area contributed by atoms with Gasteiger partial charge in [0.15, 0.2) is 10.4 Å². The van der Waals surface area contributed by atoms with Crippen LogP contribution in [0.1, 0.15) is 31.5 Å². The van der Waals surface area contributed by atoms with E-state index in [0.29, 0.717) is 6.04 Å². The lowest BCUT2D eigenvalue weighted by molar-refractivity contribution is 0.0700. The van der Waals surface area contributed by atoms with Gasteiger partial charge in [-0.2, -0.15) is 5.10 Å². The molecule has 3 heterocycles. The summed E-state index contributed by atoms with van der Waals surface area (Å²) in [6, 6.07) is 0.431. The first kappa shape index (κ1) is 11.9. The smallest absolute Gasteiger partial charge is 0.179 e. The molecule has 6 heteroatoms. The van der Waals surface area contributed by atoms with Crippen molar-refractivity contribution in [2.45, 2.75) is 32.2 Å². The van der Waals surface area contributed by atoms with Crippen molar-refractivity contribution in [3.05, 3.63) is 10.5 Å². The number of nitrogens with zero attached hydrogens (tertiary/aromatic N) is 3. The minimum Gasteiger partial charge on any atom is -0.381 e. The average Bonchev–Trinajstić information content (AvgIpc) is 2.87. The average molecular weight is 266 g/mol. The fraction of sp³-hybridized carbons (Fsp3) is 0.667. The first-order chi connectivity index (χ1) is 8.72. The molecule has 0 unspecified atom stereocenters. The SMILES string of the molecule is CCc1nn(C)c2c1[nH]c(=S)n2C1CCOCC1. The topological polar surface area (TPSA) is 47.8 Å². The van der Waals surface area contributed by atoms with Crippen molar-refractivity contribution in [2.24, 2.45) is 7.05 Å². The van der Waals surface area contributed by atoms with Gasteiger partial charge in [-0.15, -0.1) is 0 Å². The minimum atomic E-state index is 0.431. The summed E-state index contributed by atoms with van der Waals surface area (Å²) in [5.41, 5.74) is 3.30. The number of ether oxygens (including phenoxy) is 1. The molecule has 0 amide bonds. The van der Waals surface area contributed by atoms with E-state index >= 15 is 0 Å². The van der Waals surface area contributed by atoms with Crippen LogP contribution >= 0.6 is 12.2 Å². The number of aromatic nitrogens is 4. The van der Waals surface area contributed by atoms with E-state index in [9.17, 15) is 0 Å². The van der Waals surface area contributed by atoms with Gasteiger partial charge in [0.1, 0.15) is 5.52 Å². The van der Waals surface area contributed by atoms with Crippen LogP contribution in [0.3, 0.4) is 0 Å². The Morgan fingerprint density at radius 3 is 2.83 bits per heavy atom. The molecule has 1 N–H and O–H groups in total. The number of hydrogen-bond acceptors (Lipinski definition) is 3. The summed E-state index contributed by atoms with van der Waals surface area (Å²) in [7, 11) is 1.99. The van der Waals surface area contributed by atoms with E-state index < -0.39 is 0 Å². The van der Waals surface area contributed by atoms with E-state index in [1.165, 1.54) is 0 Å². The van der Waals surface area contributed by atoms with Crippen LogP contribution in [0.5, 0.6) is 0 Å². The van der Waals surface area contributed by atoms with Crippen molar-refractivity contribution in [1.29, 1.82) is 0 Å². The molecule has 18 heavy (non-hydrogen) atoms. The molecule has 0 atom stereocenters. The van der Waals surface area contributed by atoms with E-state index in [0.717, 1.165) is 54.1 Å². The number of imidazole rings is 1. The van der Waals surface area contributed by atoms with Gasteiger partial charge < -0.3 is 9.72 Å². The second-order valence-electron chi connectivity index (χ2n) is 4.77. The number of hydrogen-bond donors (Lipinski definition) is 1. The number of rotatable bonds is 2. The van der Waals surface area contributed by atoms with Crippen LogP contribution in [-0.2, 0) is 18.2 Å². The Kier molecular flexibility index (Phi) is 2.99. The standard InChI is InChI=1S/C12H18N4OS/c1-3-9-10-11(15(2)14-9)16(12(18)13-10)8-4-6-17-7-5-8/h8H,3-7H2,1-2H3,(H,13,18). The highest BCUT2D eigenvalue weighted by Gasteiger charge is 2.22. The predicted octanol–water partition coefficient (Wildman–Crippen LogP) is 2.35. The Bertz CT molecular complexity index is 618. The molecule has 2 aromatic heterocycles. The van der Waals surface area contributed by atoms with Crippen molar-refractivity contribution in [3.8, 4) is 0 Å². The van der Waals surface area contributed by atoms with E-state index in [1.807, 2.05) is 11.7 Å². The molecule has 0 saturated carbocycles. The minimum absolute atomic E-state index is 0.431. The van der Waals surface area contributed by atoms with Crippen molar-refractivity contribution in [3.63, 3.8) is 0 Å². The highest BCUT2D eigenvalue weighted by Crippen LogP contribution is 2.27. The van der Waals surface area contributed by atoms with Gasteiger partial charge in [0.2, 0.25) is 0 Å². The Balaban J connectivity index is 2.18. The van der Waals surface area contributed by atoms with E-state index in [-0.39, 0.29) is 0 Å². The summed E-state index contributed by atoms with van der Waals surface area (Å²) in [4.78, 5) is 3.32. The van der Waals surface area contributed by atoms with Crippen LogP contribution in [0.15, 0.2) is 0 Å². The van der Waals surface area contributed by atoms with Crippen molar-refractivity contribution >= 4 is 23.4 Å². The lowest BCUT2D eigenvalue weighted by Gasteiger charge is -2.23. The summed E-state index contributed by atoms with van der Waals surface area (Å²) in [6.45, 7) is 3.75. The van der Waals surface area contributed by atoms with Crippen LogP contribution < -0.4 is 0 Å². The summed E-state index contributed by atoms with van der Waals surface area (Å²) in [5.74, 6) is 0. The number of aromatic amines is 1. The normalized spacial score (nSPS) is 17.7. The second kappa shape index (κ2) is 4.51. The first-order valence-electron chi connectivity index (χ1n) is 6.46. The van der Waals surface area contributed by atoms with Gasteiger partial charge in [-0.05, 0) is 31.5 Å². The van der Waals surface area contributed by atoms with Gasteiger partial charge in [0.05, 0.1) is 5.69 Å². The highest BCUT2D eigenvalue weighted by molar-refractivity contribution is 7.71. The van der Waals surface area contributed by atoms with E-state index in [2.05, 4.69) is 21.6 Å². The Labute approximate surface area is 111 Å². The summed E-state index contributed by atoms with van der Waals surface area (Å²) < 4.78 is 10.4. The molecule has 1 fully saturated rings. The molecule has 5 nitrogen and oxygen atoms in total. The second-order valence-corrected chi connectivity index (χ2v) is 5.15. The van der Waals surface area contributed by atoms with Gasteiger partial charge in [0.25, 0.3) is 0 Å². The predicted molar refractivity (Wildman–Crippen MR) is 72.4 cm³/mol. The van der Waals surface area contributed by atoms with Gasteiger partial charge in [-0.3, -0.25) is 9.25 Å². The molecule has 1 aliphatic heterocycles. The molecule has 0 aliphatic carbocycles. The largest absolute Gasteiger partial charge is 0.381 e.